The summed E-state index contributed by atoms with van der Waals surface area (Å²) in [5.74, 6) is 0. The highest BCUT2D eigenvalue weighted by Crippen LogP contribution is 2.27. The van der Waals surface area contributed by atoms with Gasteiger partial charge in [-0.15, -0.1) is 0 Å². The number of allylic oxidation sites excluding steroid dienone is 3. The van der Waals surface area contributed by atoms with Gasteiger partial charge in [0.15, 0.2) is 0 Å². The molecule has 0 radical (unpaired) electrons. The molecule has 0 unspecified atom stereocenters. The first-order valence-corrected chi connectivity index (χ1v) is 5.45. The van der Waals surface area contributed by atoms with Crippen LogP contribution in [0.5, 0.6) is 0 Å². The fourth-order valence-corrected chi connectivity index (χ4v) is 1.61. The second kappa shape index (κ2) is 5.18. The van der Waals surface area contributed by atoms with E-state index in [-0.39, 0.29) is 0 Å². The lowest BCUT2D eigenvalue weighted by Gasteiger charge is -2.09. The molecule has 80 valence electrons. The first-order chi connectivity index (χ1) is 7.02. The summed E-state index contributed by atoms with van der Waals surface area (Å²) in [6.07, 6.45) is 0.895. The molecule has 0 nitrogen and oxygen atoms in total. The Morgan fingerprint density at radius 1 is 1.20 bits per heavy atom. The van der Waals surface area contributed by atoms with Gasteiger partial charge < -0.3 is 0 Å². The second-order valence-electron chi connectivity index (χ2n) is 4.04. The average molecular weight is 221 g/mol. The number of rotatable bonds is 3. The van der Waals surface area contributed by atoms with Gasteiger partial charge in [0.2, 0.25) is 0 Å². The highest BCUT2D eigenvalue weighted by atomic mass is 35.5. The zero-order valence-corrected chi connectivity index (χ0v) is 10.4. The van der Waals surface area contributed by atoms with Crippen LogP contribution < -0.4 is 0 Å². The van der Waals surface area contributed by atoms with Gasteiger partial charge in [-0.25, -0.2) is 0 Å². The molecule has 0 N–H and O–H groups in total. The lowest BCUT2D eigenvalue weighted by atomic mass is 9.98. The Morgan fingerprint density at radius 2 is 1.80 bits per heavy atom. The van der Waals surface area contributed by atoms with Crippen molar-refractivity contribution in [2.24, 2.45) is 0 Å². The van der Waals surface area contributed by atoms with Crippen LogP contribution in [0, 0.1) is 0 Å². The molecule has 0 spiro atoms. The summed E-state index contributed by atoms with van der Waals surface area (Å²) < 4.78 is 0. The maximum atomic E-state index is 6.11. The van der Waals surface area contributed by atoms with Crippen LogP contribution in [-0.2, 0) is 0 Å². The average Bonchev–Trinajstić information content (AvgIpc) is 2.18. The third-order valence-electron chi connectivity index (χ3n) is 2.59. The predicted molar refractivity (Wildman–Crippen MR) is 69.2 cm³/mol. The fourth-order valence-electron chi connectivity index (χ4n) is 1.34. The highest BCUT2D eigenvalue weighted by Gasteiger charge is 2.04. The monoisotopic (exact) mass is 220 g/mol. The Kier molecular flexibility index (Phi) is 4.16. The molecule has 0 atom stereocenters. The standard InChI is InChI=1S/C14H17Cl/c1-10(2)11(3)9-12(4)13-7-5-6-8-14(13)15/h5-8H,4,9H2,1-3H3. The van der Waals surface area contributed by atoms with E-state index in [4.69, 9.17) is 11.6 Å². The van der Waals surface area contributed by atoms with Gasteiger partial charge in [0.25, 0.3) is 0 Å². The molecule has 1 aromatic carbocycles. The molecule has 1 rings (SSSR count). The molecule has 1 aromatic rings. The van der Waals surface area contributed by atoms with Crippen molar-refractivity contribution in [3.8, 4) is 0 Å². The van der Waals surface area contributed by atoms with E-state index in [1.165, 1.54) is 11.1 Å². The van der Waals surface area contributed by atoms with Crippen LogP contribution in [0.1, 0.15) is 32.8 Å². The largest absolute Gasteiger partial charge is 0.0949 e. The van der Waals surface area contributed by atoms with Crippen molar-refractivity contribution >= 4 is 17.2 Å². The number of benzene rings is 1. The van der Waals surface area contributed by atoms with E-state index in [0.29, 0.717) is 0 Å². The van der Waals surface area contributed by atoms with E-state index in [2.05, 4.69) is 27.4 Å². The molecule has 0 aliphatic heterocycles. The summed E-state index contributed by atoms with van der Waals surface area (Å²) in [6, 6.07) is 7.85. The summed E-state index contributed by atoms with van der Waals surface area (Å²) in [7, 11) is 0. The van der Waals surface area contributed by atoms with Crippen molar-refractivity contribution in [1.29, 1.82) is 0 Å². The van der Waals surface area contributed by atoms with Crippen LogP contribution in [0.25, 0.3) is 5.57 Å². The first-order valence-electron chi connectivity index (χ1n) is 5.08. The van der Waals surface area contributed by atoms with Gasteiger partial charge >= 0.3 is 0 Å². The topological polar surface area (TPSA) is 0 Å². The third kappa shape index (κ3) is 3.24. The molecule has 15 heavy (non-hydrogen) atoms. The van der Waals surface area contributed by atoms with E-state index in [1.807, 2.05) is 24.3 Å². The molecule has 0 aromatic heterocycles. The van der Waals surface area contributed by atoms with Crippen molar-refractivity contribution in [1.82, 2.24) is 0 Å². The van der Waals surface area contributed by atoms with Crippen LogP contribution in [0.15, 0.2) is 42.0 Å². The minimum atomic E-state index is 0.782. The van der Waals surface area contributed by atoms with Gasteiger partial charge in [0.05, 0.1) is 0 Å². The molecule has 0 amide bonds. The molecule has 0 aliphatic carbocycles. The Balaban J connectivity index is 2.88. The minimum absolute atomic E-state index is 0.782. The molecule has 0 fully saturated rings. The molecule has 0 bridgehead atoms. The van der Waals surface area contributed by atoms with E-state index >= 15 is 0 Å². The van der Waals surface area contributed by atoms with Crippen LogP contribution in [0.3, 0.4) is 0 Å². The molecular formula is C14H17Cl. The highest BCUT2D eigenvalue weighted by molar-refractivity contribution is 6.32. The Morgan fingerprint density at radius 3 is 2.33 bits per heavy atom. The zero-order chi connectivity index (χ0) is 11.4. The zero-order valence-electron chi connectivity index (χ0n) is 9.60. The van der Waals surface area contributed by atoms with Crippen molar-refractivity contribution in [3.63, 3.8) is 0 Å². The van der Waals surface area contributed by atoms with E-state index in [9.17, 15) is 0 Å². The van der Waals surface area contributed by atoms with Crippen molar-refractivity contribution in [2.45, 2.75) is 27.2 Å². The Bertz CT molecular complexity index is 396. The SMILES string of the molecule is C=C(CC(C)=C(C)C)c1ccccc1Cl. The van der Waals surface area contributed by atoms with Crippen LogP contribution in [0.2, 0.25) is 5.02 Å². The van der Waals surface area contributed by atoms with Crippen molar-refractivity contribution < 1.29 is 0 Å². The van der Waals surface area contributed by atoms with Gasteiger partial charge in [-0.05, 0) is 44.4 Å². The van der Waals surface area contributed by atoms with Crippen LogP contribution >= 0.6 is 11.6 Å². The van der Waals surface area contributed by atoms with Gasteiger partial charge in [0, 0.05) is 5.02 Å². The maximum Gasteiger partial charge on any atom is 0.0481 e. The normalized spacial score (nSPS) is 9.87. The third-order valence-corrected chi connectivity index (χ3v) is 2.92. The van der Waals surface area contributed by atoms with Gasteiger partial charge in [0.1, 0.15) is 0 Å². The fraction of sp³-hybridized carbons (Fsp3) is 0.286. The lowest BCUT2D eigenvalue weighted by molar-refractivity contribution is 1.15. The molecule has 0 saturated carbocycles. The number of hydrogen-bond donors (Lipinski definition) is 0. The molecule has 1 heteroatoms. The molecular weight excluding hydrogens is 204 g/mol. The lowest BCUT2D eigenvalue weighted by Crippen LogP contribution is -1.87. The number of halogens is 1. The molecule has 0 saturated heterocycles. The summed E-state index contributed by atoms with van der Waals surface area (Å²) in [5.41, 5.74) is 4.85. The van der Waals surface area contributed by atoms with Crippen molar-refractivity contribution in [2.75, 3.05) is 0 Å². The van der Waals surface area contributed by atoms with E-state index in [1.54, 1.807) is 0 Å². The molecule has 0 aliphatic rings. The molecule has 0 heterocycles. The summed E-state index contributed by atoms with van der Waals surface area (Å²) in [5, 5.41) is 0.782. The maximum absolute atomic E-state index is 6.11. The van der Waals surface area contributed by atoms with Crippen LogP contribution in [0.4, 0.5) is 0 Å². The van der Waals surface area contributed by atoms with E-state index < -0.39 is 0 Å². The van der Waals surface area contributed by atoms with Crippen molar-refractivity contribution in [3.05, 3.63) is 52.6 Å². The van der Waals surface area contributed by atoms with Crippen LogP contribution in [-0.4, -0.2) is 0 Å². The summed E-state index contributed by atoms with van der Waals surface area (Å²) in [4.78, 5) is 0. The minimum Gasteiger partial charge on any atom is -0.0949 e. The predicted octanol–water partition coefficient (Wildman–Crippen LogP) is 5.10. The van der Waals surface area contributed by atoms with Gasteiger partial charge in [-0.2, -0.15) is 0 Å². The summed E-state index contributed by atoms with van der Waals surface area (Å²) in [6.45, 7) is 10.5. The summed E-state index contributed by atoms with van der Waals surface area (Å²) >= 11 is 6.11. The van der Waals surface area contributed by atoms with Gasteiger partial charge in [-0.1, -0.05) is 47.5 Å². The van der Waals surface area contributed by atoms with Gasteiger partial charge in [-0.3, -0.25) is 0 Å². The Labute approximate surface area is 97.3 Å². The Hall–Kier alpha value is -1.01. The quantitative estimate of drug-likeness (QED) is 0.622. The smallest absolute Gasteiger partial charge is 0.0481 e. The first kappa shape index (κ1) is 12.1. The number of hydrogen-bond acceptors (Lipinski definition) is 0. The van der Waals surface area contributed by atoms with E-state index in [0.717, 1.165) is 22.6 Å². The second-order valence-corrected chi connectivity index (χ2v) is 4.45.